The molecular formula is C20H23N5O. The Balaban J connectivity index is 1.96. The van der Waals surface area contributed by atoms with Crippen LogP contribution in [-0.4, -0.2) is 31.6 Å². The number of carbonyl (C=O) groups is 1. The summed E-state index contributed by atoms with van der Waals surface area (Å²) in [5.74, 6) is 0.736. The SMILES string of the molecule is CC(=O)N(C1CCCCC1)n1c(-c2cccnc2)nc2c(C)ccnc21. The van der Waals surface area contributed by atoms with E-state index in [4.69, 9.17) is 4.98 Å². The minimum atomic E-state index is 0.0182. The predicted molar refractivity (Wildman–Crippen MR) is 101 cm³/mol. The van der Waals surface area contributed by atoms with Crippen molar-refractivity contribution < 1.29 is 4.79 Å². The Morgan fingerprint density at radius 3 is 2.69 bits per heavy atom. The second-order valence-electron chi connectivity index (χ2n) is 6.94. The summed E-state index contributed by atoms with van der Waals surface area (Å²) < 4.78 is 1.91. The molecule has 0 spiro atoms. The molecule has 3 aromatic heterocycles. The molecule has 3 heterocycles. The monoisotopic (exact) mass is 349 g/mol. The van der Waals surface area contributed by atoms with Gasteiger partial charge in [0.05, 0.1) is 6.04 Å². The second-order valence-corrected chi connectivity index (χ2v) is 6.94. The number of aromatic nitrogens is 4. The van der Waals surface area contributed by atoms with Crippen molar-refractivity contribution >= 4 is 17.1 Å². The third-order valence-electron chi connectivity index (χ3n) is 5.10. The van der Waals surface area contributed by atoms with E-state index >= 15 is 0 Å². The number of rotatable bonds is 3. The topological polar surface area (TPSA) is 63.9 Å². The summed E-state index contributed by atoms with van der Waals surface area (Å²) in [5.41, 5.74) is 3.48. The first kappa shape index (κ1) is 16.7. The predicted octanol–water partition coefficient (Wildman–Crippen LogP) is 3.62. The largest absolute Gasteiger partial charge is 0.273 e. The molecular weight excluding hydrogens is 326 g/mol. The minimum absolute atomic E-state index is 0.0182. The number of carbonyl (C=O) groups excluding carboxylic acids is 1. The number of fused-ring (bicyclic) bond motifs is 1. The molecule has 3 aromatic rings. The standard InChI is InChI=1S/C20H23N5O/c1-14-10-12-22-20-18(14)23-19(16-7-6-11-21-13-16)25(20)24(15(2)26)17-8-4-3-5-9-17/h6-7,10-13,17H,3-5,8-9H2,1-2H3. The molecule has 1 aliphatic carbocycles. The summed E-state index contributed by atoms with van der Waals surface area (Å²) in [6, 6.07) is 5.99. The van der Waals surface area contributed by atoms with Gasteiger partial charge in [0.2, 0.25) is 5.91 Å². The van der Waals surface area contributed by atoms with Gasteiger partial charge in [-0.05, 0) is 43.5 Å². The van der Waals surface area contributed by atoms with Crippen molar-refractivity contribution in [1.82, 2.24) is 19.6 Å². The summed E-state index contributed by atoms with van der Waals surface area (Å²) in [5, 5.41) is 1.86. The van der Waals surface area contributed by atoms with Gasteiger partial charge >= 0.3 is 0 Å². The maximum Gasteiger partial charge on any atom is 0.238 e. The van der Waals surface area contributed by atoms with Crippen LogP contribution in [0.4, 0.5) is 0 Å². The van der Waals surface area contributed by atoms with E-state index in [1.165, 1.54) is 6.42 Å². The maximum absolute atomic E-state index is 12.7. The molecule has 26 heavy (non-hydrogen) atoms. The summed E-state index contributed by atoms with van der Waals surface area (Å²) in [6.45, 7) is 3.65. The minimum Gasteiger partial charge on any atom is -0.273 e. The second kappa shape index (κ2) is 6.86. The highest BCUT2D eigenvalue weighted by molar-refractivity contribution is 5.89. The summed E-state index contributed by atoms with van der Waals surface area (Å²) in [7, 11) is 0. The lowest BCUT2D eigenvalue weighted by atomic mass is 9.95. The lowest BCUT2D eigenvalue weighted by Crippen LogP contribution is -2.48. The molecule has 6 heteroatoms. The van der Waals surface area contributed by atoms with Crippen LogP contribution < -0.4 is 5.01 Å². The number of hydrogen-bond donors (Lipinski definition) is 0. The number of imidazole rings is 1. The van der Waals surface area contributed by atoms with E-state index in [0.717, 1.165) is 53.8 Å². The molecule has 1 aliphatic rings. The van der Waals surface area contributed by atoms with Crippen LogP contribution in [0.5, 0.6) is 0 Å². The summed E-state index contributed by atoms with van der Waals surface area (Å²) in [6.07, 6.45) is 10.9. The van der Waals surface area contributed by atoms with Gasteiger partial charge in [0.15, 0.2) is 11.5 Å². The number of amides is 1. The van der Waals surface area contributed by atoms with Crippen molar-refractivity contribution in [2.75, 3.05) is 5.01 Å². The van der Waals surface area contributed by atoms with Crippen molar-refractivity contribution in [3.8, 4) is 11.4 Å². The zero-order valence-corrected chi connectivity index (χ0v) is 15.2. The molecule has 0 aromatic carbocycles. The Bertz CT molecular complexity index is 928. The Morgan fingerprint density at radius 2 is 2.00 bits per heavy atom. The summed E-state index contributed by atoms with van der Waals surface area (Å²) >= 11 is 0. The number of hydrogen-bond acceptors (Lipinski definition) is 4. The van der Waals surface area contributed by atoms with Crippen molar-refractivity contribution in [3.05, 3.63) is 42.4 Å². The molecule has 0 radical (unpaired) electrons. The Morgan fingerprint density at radius 1 is 1.19 bits per heavy atom. The highest BCUT2D eigenvalue weighted by atomic mass is 16.2. The van der Waals surface area contributed by atoms with E-state index in [0.29, 0.717) is 0 Å². The smallest absolute Gasteiger partial charge is 0.238 e. The zero-order valence-electron chi connectivity index (χ0n) is 15.2. The average molecular weight is 349 g/mol. The van der Waals surface area contributed by atoms with Gasteiger partial charge < -0.3 is 0 Å². The van der Waals surface area contributed by atoms with E-state index in [-0.39, 0.29) is 11.9 Å². The van der Waals surface area contributed by atoms with E-state index < -0.39 is 0 Å². The third-order valence-corrected chi connectivity index (χ3v) is 5.10. The summed E-state index contributed by atoms with van der Waals surface area (Å²) in [4.78, 5) is 26.3. The molecule has 0 bridgehead atoms. The molecule has 6 nitrogen and oxygen atoms in total. The van der Waals surface area contributed by atoms with Gasteiger partial charge in [-0.15, -0.1) is 0 Å². The molecule has 1 amide bonds. The van der Waals surface area contributed by atoms with Gasteiger partial charge in [0.25, 0.3) is 0 Å². The van der Waals surface area contributed by atoms with Crippen molar-refractivity contribution in [2.24, 2.45) is 0 Å². The Hall–Kier alpha value is -2.76. The number of nitrogens with zero attached hydrogens (tertiary/aromatic N) is 5. The molecule has 134 valence electrons. The van der Waals surface area contributed by atoms with Crippen LogP contribution in [0.2, 0.25) is 0 Å². The highest BCUT2D eigenvalue weighted by Gasteiger charge is 2.29. The van der Waals surface area contributed by atoms with Gasteiger partial charge in [-0.1, -0.05) is 19.3 Å². The fourth-order valence-corrected chi connectivity index (χ4v) is 3.86. The molecule has 1 fully saturated rings. The van der Waals surface area contributed by atoms with Crippen molar-refractivity contribution in [1.29, 1.82) is 0 Å². The van der Waals surface area contributed by atoms with E-state index in [9.17, 15) is 4.79 Å². The first-order valence-corrected chi connectivity index (χ1v) is 9.21. The highest BCUT2D eigenvalue weighted by Crippen LogP contribution is 2.29. The first-order valence-electron chi connectivity index (χ1n) is 9.21. The molecule has 4 rings (SSSR count). The number of pyridine rings is 2. The van der Waals surface area contributed by atoms with Crippen LogP contribution in [0.1, 0.15) is 44.6 Å². The van der Waals surface area contributed by atoms with Gasteiger partial charge in [-0.25, -0.2) is 19.7 Å². The Labute approximate surface area is 152 Å². The number of aryl methyl sites for hydroxylation is 1. The lowest BCUT2D eigenvalue weighted by molar-refractivity contribution is -0.118. The van der Waals surface area contributed by atoms with Crippen LogP contribution in [0.15, 0.2) is 36.8 Å². The molecule has 0 atom stereocenters. The van der Waals surface area contributed by atoms with Crippen molar-refractivity contribution in [3.63, 3.8) is 0 Å². The quantitative estimate of drug-likeness (QED) is 0.724. The molecule has 1 saturated carbocycles. The molecule has 0 aliphatic heterocycles. The van der Waals surface area contributed by atoms with Gasteiger partial charge in [-0.2, -0.15) is 0 Å². The zero-order chi connectivity index (χ0) is 18.1. The fraction of sp³-hybridized carbons (Fsp3) is 0.400. The third kappa shape index (κ3) is 2.85. The van der Waals surface area contributed by atoms with E-state index in [1.54, 1.807) is 25.5 Å². The first-order chi connectivity index (χ1) is 12.7. The fourth-order valence-electron chi connectivity index (χ4n) is 3.86. The van der Waals surface area contributed by atoms with Crippen LogP contribution in [0.25, 0.3) is 22.6 Å². The van der Waals surface area contributed by atoms with Crippen molar-refractivity contribution in [2.45, 2.75) is 52.0 Å². The maximum atomic E-state index is 12.7. The van der Waals surface area contributed by atoms with Crippen LogP contribution >= 0.6 is 0 Å². The van der Waals surface area contributed by atoms with Gasteiger partial charge in [0, 0.05) is 31.1 Å². The molecule has 0 saturated heterocycles. The average Bonchev–Trinajstić information content (AvgIpc) is 3.04. The lowest BCUT2D eigenvalue weighted by Gasteiger charge is -2.34. The van der Waals surface area contributed by atoms with E-state index in [1.807, 2.05) is 34.8 Å². The molecule has 0 N–H and O–H groups in total. The molecule has 0 unspecified atom stereocenters. The normalized spacial score (nSPS) is 15.3. The van der Waals surface area contributed by atoms with Crippen LogP contribution in [0, 0.1) is 6.92 Å². The van der Waals surface area contributed by atoms with E-state index in [2.05, 4.69) is 9.97 Å². The van der Waals surface area contributed by atoms with Gasteiger partial charge in [-0.3, -0.25) is 9.78 Å². The Kier molecular flexibility index (Phi) is 4.41. The van der Waals surface area contributed by atoms with Gasteiger partial charge in [0.1, 0.15) is 5.52 Å². The van der Waals surface area contributed by atoms with Crippen LogP contribution in [0.3, 0.4) is 0 Å². The van der Waals surface area contributed by atoms with Crippen LogP contribution in [-0.2, 0) is 4.79 Å².